The van der Waals surface area contributed by atoms with E-state index < -0.39 is 0 Å². The van der Waals surface area contributed by atoms with Crippen molar-refractivity contribution in [3.8, 4) is 0 Å². The van der Waals surface area contributed by atoms with Gasteiger partial charge >= 0.3 is 0 Å². The lowest BCUT2D eigenvalue weighted by Gasteiger charge is -2.20. The lowest BCUT2D eigenvalue weighted by molar-refractivity contribution is -0.115. The summed E-state index contributed by atoms with van der Waals surface area (Å²) >= 11 is 0. The van der Waals surface area contributed by atoms with Crippen molar-refractivity contribution < 1.29 is 4.79 Å². The first-order chi connectivity index (χ1) is 6.75. The van der Waals surface area contributed by atoms with Crippen LogP contribution in [0.3, 0.4) is 0 Å². The summed E-state index contributed by atoms with van der Waals surface area (Å²) < 4.78 is 0. The fourth-order valence-corrected chi connectivity index (χ4v) is 2.35. The van der Waals surface area contributed by atoms with Crippen LogP contribution in [0.15, 0.2) is 11.6 Å². The second-order valence-electron chi connectivity index (χ2n) is 4.15. The molecule has 2 nitrogen and oxygen atoms in total. The van der Waals surface area contributed by atoms with Crippen LogP contribution < -0.4 is 5.73 Å². The monoisotopic (exact) mass is 195 g/mol. The van der Waals surface area contributed by atoms with Crippen LogP contribution >= 0.6 is 0 Å². The fourth-order valence-electron chi connectivity index (χ4n) is 2.35. The van der Waals surface area contributed by atoms with Crippen LogP contribution in [0.2, 0.25) is 0 Å². The molecule has 0 spiro atoms. The third-order valence-electron chi connectivity index (χ3n) is 3.14. The zero-order valence-corrected chi connectivity index (χ0v) is 9.09. The van der Waals surface area contributed by atoms with Gasteiger partial charge in [-0.2, -0.15) is 0 Å². The van der Waals surface area contributed by atoms with Gasteiger partial charge in [0.05, 0.1) is 0 Å². The Kier molecular flexibility index (Phi) is 4.71. The summed E-state index contributed by atoms with van der Waals surface area (Å²) in [5, 5.41) is 0. The first-order valence-corrected chi connectivity index (χ1v) is 5.71. The molecule has 1 aliphatic rings. The number of rotatable bonds is 2. The highest BCUT2D eigenvalue weighted by molar-refractivity contribution is 5.92. The van der Waals surface area contributed by atoms with Gasteiger partial charge in [-0.25, -0.2) is 0 Å². The van der Waals surface area contributed by atoms with Gasteiger partial charge in [0, 0.05) is 5.57 Å². The normalized spacial score (nSPS) is 21.4. The number of amides is 1. The van der Waals surface area contributed by atoms with Crippen molar-refractivity contribution in [2.75, 3.05) is 0 Å². The lowest BCUT2D eigenvalue weighted by atomic mass is 9.85. The van der Waals surface area contributed by atoms with Crippen LogP contribution in [0.5, 0.6) is 0 Å². The minimum Gasteiger partial charge on any atom is -0.366 e. The van der Waals surface area contributed by atoms with Crippen molar-refractivity contribution in [1.29, 1.82) is 0 Å². The molecule has 0 radical (unpaired) electrons. The van der Waals surface area contributed by atoms with Crippen molar-refractivity contribution in [1.82, 2.24) is 0 Å². The number of hydrogen-bond acceptors (Lipinski definition) is 1. The van der Waals surface area contributed by atoms with Crippen molar-refractivity contribution in [2.24, 2.45) is 11.7 Å². The molecule has 0 heterocycles. The molecule has 14 heavy (non-hydrogen) atoms. The van der Waals surface area contributed by atoms with E-state index in [4.69, 9.17) is 5.73 Å². The summed E-state index contributed by atoms with van der Waals surface area (Å²) in [4.78, 5) is 11.2. The Hall–Kier alpha value is -0.790. The van der Waals surface area contributed by atoms with E-state index in [2.05, 4.69) is 0 Å². The van der Waals surface area contributed by atoms with Crippen molar-refractivity contribution in [3.05, 3.63) is 11.6 Å². The van der Waals surface area contributed by atoms with E-state index in [1.165, 1.54) is 32.1 Å². The molecular weight excluding hydrogens is 174 g/mol. The van der Waals surface area contributed by atoms with Crippen LogP contribution in [-0.4, -0.2) is 5.91 Å². The number of primary amides is 1. The predicted molar refractivity (Wildman–Crippen MR) is 58.8 cm³/mol. The molecule has 80 valence electrons. The lowest BCUT2D eigenvalue weighted by Crippen LogP contribution is -2.21. The van der Waals surface area contributed by atoms with Gasteiger partial charge in [-0.1, -0.05) is 38.2 Å². The van der Waals surface area contributed by atoms with Crippen molar-refractivity contribution >= 4 is 5.91 Å². The quantitative estimate of drug-likeness (QED) is 0.676. The summed E-state index contributed by atoms with van der Waals surface area (Å²) in [5.41, 5.74) is 6.21. The Morgan fingerprint density at radius 1 is 1.14 bits per heavy atom. The van der Waals surface area contributed by atoms with Crippen LogP contribution in [-0.2, 0) is 4.79 Å². The Morgan fingerprint density at radius 3 is 2.07 bits per heavy atom. The van der Waals surface area contributed by atoms with E-state index in [0.29, 0.717) is 5.92 Å². The molecule has 1 amide bonds. The Morgan fingerprint density at radius 2 is 1.64 bits per heavy atom. The molecule has 1 aliphatic carbocycles. The molecule has 0 aromatic heterocycles. The topological polar surface area (TPSA) is 43.1 Å². The van der Waals surface area contributed by atoms with E-state index in [1.807, 2.05) is 13.0 Å². The molecule has 0 aromatic carbocycles. The van der Waals surface area contributed by atoms with Crippen molar-refractivity contribution in [3.63, 3.8) is 0 Å². The smallest absolute Gasteiger partial charge is 0.244 e. The molecule has 0 aliphatic heterocycles. The number of allylic oxidation sites excluding steroid dienone is 1. The van der Waals surface area contributed by atoms with Gasteiger partial charge in [0.2, 0.25) is 5.91 Å². The molecule has 0 bridgehead atoms. The third-order valence-corrected chi connectivity index (χ3v) is 3.14. The zero-order chi connectivity index (χ0) is 10.4. The third kappa shape index (κ3) is 3.17. The fraction of sp³-hybridized carbons (Fsp3) is 0.750. The first kappa shape index (κ1) is 11.3. The highest BCUT2D eigenvalue weighted by atomic mass is 16.1. The van der Waals surface area contributed by atoms with Gasteiger partial charge in [0.15, 0.2) is 0 Å². The minimum atomic E-state index is -0.224. The van der Waals surface area contributed by atoms with Gasteiger partial charge in [0.25, 0.3) is 0 Å². The van der Waals surface area contributed by atoms with E-state index in [0.717, 1.165) is 18.4 Å². The van der Waals surface area contributed by atoms with Gasteiger partial charge in [-0.15, -0.1) is 0 Å². The molecule has 0 aromatic rings. The number of hydrogen-bond donors (Lipinski definition) is 1. The molecule has 0 saturated heterocycles. The Labute approximate surface area is 86.6 Å². The molecule has 2 heteroatoms. The number of carbonyl (C=O) groups is 1. The summed E-state index contributed by atoms with van der Waals surface area (Å²) in [6.07, 6.45) is 10.7. The summed E-state index contributed by atoms with van der Waals surface area (Å²) in [5.74, 6) is 0.205. The number of nitrogens with two attached hydrogens (primary N) is 1. The molecule has 1 rings (SSSR count). The maximum Gasteiger partial charge on any atom is 0.244 e. The average molecular weight is 195 g/mol. The molecule has 1 saturated carbocycles. The Bertz CT molecular complexity index is 212. The highest BCUT2D eigenvalue weighted by Crippen LogP contribution is 2.27. The average Bonchev–Trinajstić information content (AvgIpc) is 2.08. The summed E-state index contributed by atoms with van der Waals surface area (Å²) in [6.45, 7) is 1.92. The second-order valence-corrected chi connectivity index (χ2v) is 4.15. The summed E-state index contributed by atoms with van der Waals surface area (Å²) in [7, 11) is 0. The van der Waals surface area contributed by atoms with Gasteiger partial charge in [0.1, 0.15) is 0 Å². The van der Waals surface area contributed by atoms with Crippen LogP contribution in [0, 0.1) is 5.92 Å². The molecular formula is C12H21NO. The number of carbonyl (C=O) groups excluding carboxylic acids is 1. The van der Waals surface area contributed by atoms with E-state index in [9.17, 15) is 4.79 Å². The van der Waals surface area contributed by atoms with Gasteiger partial charge in [-0.05, 0) is 25.7 Å². The molecule has 2 N–H and O–H groups in total. The molecule has 0 atom stereocenters. The predicted octanol–water partition coefficient (Wildman–Crippen LogP) is 2.78. The Balaban J connectivity index is 2.58. The molecule has 0 unspecified atom stereocenters. The highest BCUT2D eigenvalue weighted by Gasteiger charge is 2.18. The summed E-state index contributed by atoms with van der Waals surface area (Å²) in [6, 6.07) is 0. The maximum atomic E-state index is 11.2. The first-order valence-electron chi connectivity index (χ1n) is 5.71. The van der Waals surface area contributed by atoms with E-state index in [1.54, 1.807) is 0 Å². The van der Waals surface area contributed by atoms with Crippen LogP contribution in [0.4, 0.5) is 0 Å². The minimum absolute atomic E-state index is 0.224. The standard InChI is InChI=1S/C12H21NO/c1-2-11(12(13)14)10-8-6-4-3-5-7-9-10/h2,10H,3-9H2,1H3,(H2,13,14)/b11-2+. The van der Waals surface area contributed by atoms with E-state index >= 15 is 0 Å². The zero-order valence-electron chi connectivity index (χ0n) is 9.09. The van der Waals surface area contributed by atoms with Crippen molar-refractivity contribution in [2.45, 2.75) is 51.9 Å². The second kappa shape index (κ2) is 5.84. The van der Waals surface area contributed by atoms with Gasteiger partial charge < -0.3 is 5.73 Å². The van der Waals surface area contributed by atoms with Crippen LogP contribution in [0.25, 0.3) is 0 Å². The van der Waals surface area contributed by atoms with Gasteiger partial charge in [-0.3, -0.25) is 4.79 Å². The van der Waals surface area contributed by atoms with Crippen LogP contribution in [0.1, 0.15) is 51.9 Å². The maximum absolute atomic E-state index is 11.2. The SMILES string of the molecule is C/C=C(/C(N)=O)C1CCCCCCC1. The molecule has 1 fully saturated rings. The van der Waals surface area contributed by atoms with E-state index in [-0.39, 0.29) is 5.91 Å². The largest absolute Gasteiger partial charge is 0.366 e.